The Labute approximate surface area is 167 Å². The van der Waals surface area contributed by atoms with Crippen LogP contribution >= 0.6 is 11.3 Å². The molecule has 0 saturated heterocycles. The Morgan fingerprint density at radius 3 is 2.68 bits per heavy atom. The molecule has 4 aromatic rings. The van der Waals surface area contributed by atoms with Crippen LogP contribution in [0.15, 0.2) is 58.4 Å². The quantitative estimate of drug-likeness (QED) is 0.502. The Morgan fingerprint density at radius 1 is 1.18 bits per heavy atom. The second kappa shape index (κ2) is 7.44. The zero-order chi connectivity index (χ0) is 19.7. The molecule has 0 aliphatic carbocycles. The molecule has 0 spiro atoms. The molecule has 1 aromatic carbocycles. The van der Waals surface area contributed by atoms with Crippen molar-refractivity contribution in [2.75, 3.05) is 7.05 Å². The normalized spacial score (nSPS) is 11.0. The third kappa shape index (κ3) is 3.36. The van der Waals surface area contributed by atoms with E-state index in [1.54, 1.807) is 29.4 Å². The van der Waals surface area contributed by atoms with E-state index < -0.39 is 0 Å². The average molecular weight is 392 g/mol. The van der Waals surface area contributed by atoms with Crippen molar-refractivity contribution in [2.24, 2.45) is 0 Å². The maximum atomic E-state index is 12.8. The van der Waals surface area contributed by atoms with Crippen molar-refractivity contribution in [3.63, 3.8) is 0 Å². The Hall–Kier alpha value is -3.19. The van der Waals surface area contributed by atoms with Gasteiger partial charge in [0.05, 0.1) is 16.3 Å². The fraction of sp³-hybridized carbons (Fsp3) is 0.190. The lowest BCUT2D eigenvalue weighted by Gasteiger charge is -2.16. The SMILES string of the molecule is Cc1nn(-c2ccccc2)c(C)c1CN(C)C(=O)c1cc(-c2cccs2)on1. The molecular formula is C21H20N4O2S. The number of hydrogen-bond donors (Lipinski definition) is 0. The summed E-state index contributed by atoms with van der Waals surface area (Å²) in [5, 5.41) is 10.6. The second-order valence-electron chi connectivity index (χ2n) is 6.61. The third-order valence-corrected chi connectivity index (χ3v) is 5.56. The van der Waals surface area contributed by atoms with Gasteiger partial charge in [-0.15, -0.1) is 11.3 Å². The van der Waals surface area contributed by atoms with Gasteiger partial charge in [-0.3, -0.25) is 4.79 Å². The smallest absolute Gasteiger partial charge is 0.276 e. The van der Waals surface area contributed by atoms with E-state index in [1.165, 1.54) is 0 Å². The van der Waals surface area contributed by atoms with Gasteiger partial charge in [0.2, 0.25) is 0 Å². The largest absolute Gasteiger partial charge is 0.355 e. The first kappa shape index (κ1) is 18.2. The van der Waals surface area contributed by atoms with Crippen LogP contribution < -0.4 is 0 Å². The molecular weight excluding hydrogens is 372 g/mol. The van der Waals surface area contributed by atoms with E-state index in [-0.39, 0.29) is 5.91 Å². The summed E-state index contributed by atoms with van der Waals surface area (Å²) in [7, 11) is 1.76. The van der Waals surface area contributed by atoms with Gasteiger partial charge in [-0.2, -0.15) is 5.10 Å². The fourth-order valence-corrected chi connectivity index (χ4v) is 3.81. The minimum Gasteiger partial charge on any atom is -0.355 e. The van der Waals surface area contributed by atoms with Crippen LogP contribution in [-0.2, 0) is 6.54 Å². The van der Waals surface area contributed by atoms with Gasteiger partial charge in [0, 0.05) is 30.9 Å². The minimum absolute atomic E-state index is 0.183. The maximum absolute atomic E-state index is 12.8. The maximum Gasteiger partial charge on any atom is 0.276 e. The molecule has 0 N–H and O–H groups in total. The van der Waals surface area contributed by atoms with Crippen LogP contribution in [0.3, 0.4) is 0 Å². The highest BCUT2D eigenvalue weighted by Gasteiger charge is 2.21. The van der Waals surface area contributed by atoms with Gasteiger partial charge in [-0.25, -0.2) is 4.68 Å². The highest BCUT2D eigenvalue weighted by molar-refractivity contribution is 7.13. The summed E-state index contributed by atoms with van der Waals surface area (Å²) in [6.07, 6.45) is 0. The average Bonchev–Trinajstić information content (AvgIpc) is 3.45. The summed E-state index contributed by atoms with van der Waals surface area (Å²) >= 11 is 1.55. The van der Waals surface area contributed by atoms with E-state index in [0.717, 1.165) is 27.5 Å². The zero-order valence-corrected chi connectivity index (χ0v) is 16.7. The molecule has 0 saturated carbocycles. The molecule has 3 heterocycles. The first-order valence-corrected chi connectivity index (χ1v) is 9.79. The van der Waals surface area contributed by atoms with E-state index in [9.17, 15) is 4.79 Å². The predicted octanol–water partition coefficient (Wildman–Crippen LogP) is 4.48. The molecule has 0 unspecified atom stereocenters. The van der Waals surface area contributed by atoms with E-state index in [4.69, 9.17) is 4.52 Å². The Bertz CT molecular complexity index is 1100. The number of carbonyl (C=O) groups excluding carboxylic acids is 1. The van der Waals surface area contributed by atoms with Gasteiger partial charge < -0.3 is 9.42 Å². The zero-order valence-electron chi connectivity index (χ0n) is 15.9. The number of nitrogens with zero attached hydrogens (tertiary/aromatic N) is 4. The number of benzene rings is 1. The van der Waals surface area contributed by atoms with Gasteiger partial charge in [0.1, 0.15) is 0 Å². The van der Waals surface area contributed by atoms with Crippen LogP contribution in [-0.4, -0.2) is 32.8 Å². The fourth-order valence-electron chi connectivity index (χ4n) is 3.14. The van der Waals surface area contributed by atoms with Crippen molar-refractivity contribution in [3.8, 4) is 16.3 Å². The molecule has 142 valence electrons. The summed E-state index contributed by atoms with van der Waals surface area (Å²) in [6.45, 7) is 4.43. The molecule has 0 radical (unpaired) electrons. The van der Waals surface area contributed by atoms with Gasteiger partial charge in [0.15, 0.2) is 11.5 Å². The number of thiophene rings is 1. The van der Waals surface area contributed by atoms with E-state index >= 15 is 0 Å². The van der Waals surface area contributed by atoms with Crippen molar-refractivity contribution < 1.29 is 9.32 Å². The number of carbonyl (C=O) groups is 1. The number of rotatable bonds is 5. The highest BCUT2D eigenvalue weighted by atomic mass is 32.1. The lowest BCUT2D eigenvalue weighted by Crippen LogP contribution is -2.27. The summed E-state index contributed by atoms with van der Waals surface area (Å²) in [5.41, 5.74) is 4.25. The lowest BCUT2D eigenvalue weighted by molar-refractivity contribution is 0.0774. The van der Waals surface area contributed by atoms with Crippen LogP contribution in [0, 0.1) is 13.8 Å². The first-order valence-electron chi connectivity index (χ1n) is 8.91. The van der Waals surface area contributed by atoms with Crippen molar-refractivity contribution in [3.05, 3.63) is 76.6 Å². The summed E-state index contributed by atoms with van der Waals surface area (Å²) in [6, 6.07) is 15.5. The standard InChI is InChI=1S/C21H20N4O2S/c1-14-17(15(2)25(22-14)16-8-5-4-6-9-16)13-24(3)21(26)18-12-19(27-23-18)20-10-7-11-28-20/h4-12H,13H2,1-3H3. The van der Waals surface area contributed by atoms with Crippen LogP contribution in [0.25, 0.3) is 16.3 Å². The Balaban J connectivity index is 1.55. The van der Waals surface area contributed by atoms with Crippen LogP contribution in [0.4, 0.5) is 0 Å². The second-order valence-corrected chi connectivity index (χ2v) is 7.56. The molecule has 4 rings (SSSR count). The van der Waals surface area contributed by atoms with Gasteiger partial charge in [-0.1, -0.05) is 29.4 Å². The molecule has 6 nitrogen and oxygen atoms in total. The molecule has 3 aromatic heterocycles. The summed E-state index contributed by atoms with van der Waals surface area (Å²) in [4.78, 5) is 15.4. The molecule has 0 aliphatic rings. The molecule has 28 heavy (non-hydrogen) atoms. The van der Waals surface area contributed by atoms with Crippen LogP contribution in [0.1, 0.15) is 27.4 Å². The van der Waals surface area contributed by atoms with Crippen LogP contribution in [0.2, 0.25) is 0 Å². The van der Waals surface area contributed by atoms with Crippen molar-refractivity contribution >= 4 is 17.2 Å². The van der Waals surface area contributed by atoms with E-state index in [2.05, 4.69) is 10.3 Å². The third-order valence-electron chi connectivity index (χ3n) is 4.68. The first-order chi connectivity index (χ1) is 13.5. The molecule has 7 heteroatoms. The van der Waals surface area contributed by atoms with E-state index in [0.29, 0.717) is 18.0 Å². The molecule has 0 bridgehead atoms. The summed E-state index contributed by atoms with van der Waals surface area (Å²) < 4.78 is 7.25. The Kier molecular flexibility index (Phi) is 4.83. The molecule has 0 atom stereocenters. The molecule has 0 aliphatic heterocycles. The van der Waals surface area contributed by atoms with E-state index in [1.807, 2.05) is 66.4 Å². The minimum atomic E-state index is -0.183. The molecule has 0 fully saturated rings. The van der Waals surface area contributed by atoms with Crippen LogP contribution in [0.5, 0.6) is 0 Å². The Morgan fingerprint density at radius 2 is 1.96 bits per heavy atom. The topological polar surface area (TPSA) is 64.2 Å². The number of aromatic nitrogens is 3. The number of hydrogen-bond acceptors (Lipinski definition) is 5. The van der Waals surface area contributed by atoms with Gasteiger partial charge >= 0.3 is 0 Å². The van der Waals surface area contributed by atoms with Crippen molar-refractivity contribution in [2.45, 2.75) is 20.4 Å². The summed E-state index contributed by atoms with van der Waals surface area (Å²) in [5.74, 6) is 0.425. The van der Waals surface area contributed by atoms with Gasteiger partial charge in [-0.05, 0) is 37.4 Å². The number of amides is 1. The lowest BCUT2D eigenvalue weighted by atomic mass is 10.1. The number of para-hydroxylation sites is 1. The number of aryl methyl sites for hydroxylation is 1. The molecule has 1 amide bonds. The van der Waals surface area contributed by atoms with Crippen molar-refractivity contribution in [1.29, 1.82) is 0 Å². The highest BCUT2D eigenvalue weighted by Crippen LogP contribution is 2.26. The monoisotopic (exact) mass is 392 g/mol. The predicted molar refractivity (Wildman–Crippen MR) is 109 cm³/mol. The van der Waals surface area contributed by atoms with Crippen molar-refractivity contribution in [1.82, 2.24) is 19.8 Å². The van der Waals surface area contributed by atoms with Gasteiger partial charge in [0.25, 0.3) is 5.91 Å².